The van der Waals surface area contributed by atoms with E-state index < -0.39 is 0 Å². The molecule has 2 aromatic carbocycles. The Kier molecular flexibility index (Phi) is 5.56. The van der Waals surface area contributed by atoms with Crippen LogP contribution in [0.1, 0.15) is 11.1 Å². The molecular formula is C19H22ClN5. The molecule has 0 aromatic heterocycles. The van der Waals surface area contributed by atoms with Gasteiger partial charge in [-0.25, -0.2) is 10.4 Å². The maximum Gasteiger partial charge on any atom is 0.215 e. The Labute approximate surface area is 153 Å². The molecule has 0 amide bonds. The van der Waals surface area contributed by atoms with Crippen LogP contribution in [0.15, 0.2) is 58.6 Å². The van der Waals surface area contributed by atoms with E-state index in [1.165, 1.54) is 5.56 Å². The van der Waals surface area contributed by atoms with E-state index in [-0.39, 0.29) is 0 Å². The molecule has 1 aliphatic heterocycles. The normalized spacial score (nSPS) is 14.0. The van der Waals surface area contributed by atoms with E-state index in [0.717, 1.165) is 36.8 Å². The quantitative estimate of drug-likeness (QED) is 0.661. The van der Waals surface area contributed by atoms with Gasteiger partial charge in [0.2, 0.25) is 5.96 Å². The third-order valence-electron chi connectivity index (χ3n) is 4.02. The van der Waals surface area contributed by atoms with Crippen molar-refractivity contribution < 1.29 is 0 Å². The van der Waals surface area contributed by atoms with Gasteiger partial charge in [0, 0.05) is 38.4 Å². The monoisotopic (exact) mass is 355 g/mol. The number of rotatable bonds is 5. The second-order valence-corrected chi connectivity index (χ2v) is 6.49. The molecule has 0 saturated heterocycles. The van der Waals surface area contributed by atoms with E-state index in [0.29, 0.717) is 5.02 Å². The molecule has 25 heavy (non-hydrogen) atoms. The first-order valence-electron chi connectivity index (χ1n) is 8.23. The summed E-state index contributed by atoms with van der Waals surface area (Å²) in [7, 11) is 3.97. The molecule has 2 aromatic rings. The number of anilines is 1. The Morgan fingerprint density at radius 1 is 1.24 bits per heavy atom. The maximum absolute atomic E-state index is 6.32. The lowest BCUT2D eigenvalue weighted by Crippen LogP contribution is -2.35. The summed E-state index contributed by atoms with van der Waals surface area (Å²) < 4.78 is 0. The summed E-state index contributed by atoms with van der Waals surface area (Å²) >= 11 is 6.32. The van der Waals surface area contributed by atoms with Crippen molar-refractivity contribution in [3.8, 4) is 0 Å². The van der Waals surface area contributed by atoms with Crippen molar-refractivity contribution >= 4 is 29.5 Å². The second kappa shape index (κ2) is 8.03. The van der Waals surface area contributed by atoms with Crippen molar-refractivity contribution in [3.63, 3.8) is 0 Å². The Balaban J connectivity index is 1.61. The average Bonchev–Trinajstić information content (AvgIpc) is 3.04. The molecule has 0 atom stereocenters. The highest BCUT2D eigenvalue weighted by molar-refractivity contribution is 6.33. The highest BCUT2D eigenvalue weighted by atomic mass is 35.5. The van der Waals surface area contributed by atoms with E-state index in [1.54, 1.807) is 6.21 Å². The molecule has 0 saturated carbocycles. The van der Waals surface area contributed by atoms with Gasteiger partial charge >= 0.3 is 0 Å². The van der Waals surface area contributed by atoms with Gasteiger partial charge in [0.25, 0.3) is 0 Å². The Bertz CT molecular complexity index is 771. The van der Waals surface area contributed by atoms with Gasteiger partial charge in [-0.3, -0.25) is 0 Å². The molecule has 0 bridgehead atoms. The zero-order valence-electron chi connectivity index (χ0n) is 14.5. The third-order valence-corrected chi connectivity index (χ3v) is 4.34. The number of hydrogen-bond donors (Lipinski definition) is 1. The van der Waals surface area contributed by atoms with Crippen LogP contribution in [0.5, 0.6) is 0 Å². The zero-order chi connectivity index (χ0) is 17.6. The van der Waals surface area contributed by atoms with E-state index in [9.17, 15) is 0 Å². The molecule has 0 spiro atoms. The van der Waals surface area contributed by atoms with Crippen molar-refractivity contribution in [3.05, 3.63) is 64.7 Å². The predicted molar refractivity (Wildman–Crippen MR) is 106 cm³/mol. The summed E-state index contributed by atoms with van der Waals surface area (Å²) in [5.74, 6) is 0.793. The Morgan fingerprint density at radius 3 is 2.76 bits per heavy atom. The van der Waals surface area contributed by atoms with E-state index in [1.807, 2.05) is 55.4 Å². The van der Waals surface area contributed by atoms with E-state index in [4.69, 9.17) is 11.6 Å². The number of nitrogens with one attached hydrogen (secondary N) is 1. The smallest absolute Gasteiger partial charge is 0.215 e. The molecule has 6 heteroatoms. The SMILES string of the molecule is CN(C)c1ccc(/C=N\NC2=NCCN2Cc2ccccc2)c(Cl)c1. The first kappa shape index (κ1) is 17.3. The van der Waals surface area contributed by atoms with Gasteiger partial charge in [-0.15, -0.1) is 0 Å². The zero-order valence-corrected chi connectivity index (χ0v) is 15.2. The third kappa shape index (κ3) is 4.51. The van der Waals surface area contributed by atoms with Gasteiger partial charge in [-0.05, 0) is 23.8 Å². The Hall–Kier alpha value is -2.53. The van der Waals surface area contributed by atoms with Crippen LogP contribution in [0.2, 0.25) is 5.02 Å². The van der Waals surface area contributed by atoms with E-state index in [2.05, 4.69) is 32.6 Å². The lowest BCUT2D eigenvalue weighted by Gasteiger charge is -2.19. The summed E-state index contributed by atoms with van der Waals surface area (Å²) in [5.41, 5.74) is 6.22. The number of hydrogen-bond acceptors (Lipinski definition) is 5. The largest absolute Gasteiger partial charge is 0.378 e. The van der Waals surface area contributed by atoms with Crippen molar-refractivity contribution in [2.45, 2.75) is 6.54 Å². The van der Waals surface area contributed by atoms with Crippen molar-refractivity contribution in [1.82, 2.24) is 10.3 Å². The minimum atomic E-state index is 0.672. The second-order valence-electron chi connectivity index (χ2n) is 6.08. The van der Waals surface area contributed by atoms with Crippen LogP contribution in [-0.2, 0) is 6.54 Å². The number of nitrogens with zero attached hydrogens (tertiary/aromatic N) is 4. The highest BCUT2D eigenvalue weighted by Gasteiger charge is 2.16. The van der Waals surface area contributed by atoms with Crippen molar-refractivity contribution in [2.24, 2.45) is 10.1 Å². The van der Waals surface area contributed by atoms with E-state index >= 15 is 0 Å². The molecule has 1 N–H and O–H groups in total. The fraction of sp³-hybridized carbons (Fsp3) is 0.263. The lowest BCUT2D eigenvalue weighted by atomic mass is 10.2. The predicted octanol–water partition coefficient (Wildman–Crippen LogP) is 3.20. The van der Waals surface area contributed by atoms with Crippen LogP contribution in [0, 0.1) is 0 Å². The lowest BCUT2D eigenvalue weighted by molar-refractivity contribution is 0.438. The molecule has 5 nitrogen and oxygen atoms in total. The van der Waals surface area contributed by atoms with Crippen molar-refractivity contribution in [1.29, 1.82) is 0 Å². The standard InChI is InChI=1S/C19H22ClN5/c1-24(2)17-9-8-16(18(20)12-17)13-22-23-19-21-10-11-25(19)14-15-6-4-3-5-7-15/h3-9,12-13H,10-11,14H2,1-2H3,(H,21,23)/b22-13-. The van der Waals surface area contributed by atoms with Gasteiger partial charge < -0.3 is 9.80 Å². The van der Waals surface area contributed by atoms with Gasteiger partial charge in [0.05, 0.1) is 17.8 Å². The fourth-order valence-electron chi connectivity index (χ4n) is 2.60. The number of benzene rings is 2. The number of hydrazone groups is 1. The first-order chi connectivity index (χ1) is 12.1. The number of guanidine groups is 1. The van der Waals surface area contributed by atoms with Gasteiger partial charge in [-0.1, -0.05) is 41.9 Å². The molecule has 1 heterocycles. The number of aliphatic imine (C=N–C) groups is 1. The minimum Gasteiger partial charge on any atom is -0.378 e. The van der Waals surface area contributed by atoms with Crippen LogP contribution in [-0.4, -0.2) is 44.3 Å². The van der Waals surface area contributed by atoms with Crippen LogP contribution in [0.25, 0.3) is 0 Å². The Morgan fingerprint density at radius 2 is 2.04 bits per heavy atom. The van der Waals surface area contributed by atoms with Crippen molar-refractivity contribution in [2.75, 3.05) is 32.1 Å². The molecule has 0 unspecified atom stereocenters. The highest BCUT2D eigenvalue weighted by Crippen LogP contribution is 2.21. The van der Waals surface area contributed by atoms with Gasteiger partial charge in [-0.2, -0.15) is 5.10 Å². The maximum atomic E-state index is 6.32. The molecule has 130 valence electrons. The molecular weight excluding hydrogens is 334 g/mol. The molecule has 0 fully saturated rings. The summed E-state index contributed by atoms with van der Waals surface area (Å²) in [6.07, 6.45) is 1.73. The summed E-state index contributed by atoms with van der Waals surface area (Å²) in [6, 6.07) is 16.3. The topological polar surface area (TPSA) is 43.2 Å². The van der Waals surface area contributed by atoms with Gasteiger partial charge in [0.15, 0.2) is 0 Å². The summed E-state index contributed by atoms with van der Waals surface area (Å²) in [6.45, 7) is 2.49. The first-order valence-corrected chi connectivity index (χ1v) is 8.60. The molecule has 0 radical (unpaired) electrons. The van der Waals surface area contributed by atoms with Gasteiger partial charge in [0.1, 0.15) is 0 Å². The van der Waals surface area contributed by atoms with Crippen LogP contribution >= 0.6 is 11.6 Å². The molecule has 1 aliphatic rings. The number of halogens is 1. The minimum absolute atomic E-state index is 0.672. The fourth-order valence-corrected chi connectivity index (χ4v) is 2.83. The molecule has 0 aliphatic carbocycles. The van der Waals surface area contributed by atoms with Crippen LogP contribution in [0.3, 0.4) is 0 Å². The summed E-state index contributed by atoms with van der Waals surface area (Å²) in [5, 5.41) is 4.98. The molecule has 3 rings (SSSR count). The van der Waals surface area contributed by atoms with Crippen LogP contribution in [0.4, 0.5) is 5.69 Å². The summed E-state index contributed by atoms with van der Waals surface area (Å²) in [4.78, 5) is 8.68. The average molecular weight is 356 g/mol. The van der Waals surface area contributed by atoms with Crippen LogP contribution < -0.4 is 10.3 Å².